The Morgan fingerprint density at radius 2 is 1.42 bits per heavy atom. The van der Waals surface area contributed by atoms with Gasteiger partial charge in [-0.3, -0.25) is 0 Å². The summed E-state index contributed by atoms with van der Waals surface area (Å²) in [6, 6.07) is 5.57. The Balaban J connectivity index is 0. The summed E-state index contributed by atoms with van der Waals surface area (Å²) in [6.45, 7) is 9.00. The first-order valence-corrected chi connectivity index (χ1v) is 8.54. The zero-order valence-electron chi connectivity index (χ0n) is 15.4. The minimum absolute atomic E-state index is 0. The first-order chi connectivity index (χ1) is 10.0. The average Bonchev–Trinajstić information content (AvgIpc) is 2.36. The fourth-order valence-corrected chi connectivity index (χ4v) is 2.49. The van der Waals surface area contributed by atoms with Crippen LogP contribution in [0, 0.1) is 0 Å². The van der Waals surface area contributed by atoms with E-state index in [0.717, 1.165) is 18.1 Å². The molecule has 0 aliphatic rings. The number of hydrogen-bond donors (Lipinski definition) is 0. The molecular weight excluding hydrogens is 353 g/mol. The second kappa shape index (κ2) is 11.5. The molecule has 0 bridgehead atoms. The van der Waals surface area contributed by atoms with Crippen LogP contribution in [0.15, 0.2) is 18.2 Å². The van der Waals surface area contributed by atoms with E-state index < -0.39 is 19.9 Å². The molecule has 24 heavy (non-hydrogen) atoms. The normalized spacial score (nSPS) is 12.4. The van der Waals surface area contributed by atoms with Gasteiger partial charge in [0.2, 0.25) is 0 Å². The van der Waals surface area contributed by atoms with Gasteiger partial charge in [-0.1, -0.05) is 45.9 Å². The Morgan fingerprint density at radius 1 is 1.00 bits per heavy atom. The number of phosphoric ester groups is 1. The van der Waals surface area contributed by atoms with Gasteiger partial charge in [0.05, 0.1) is 7.82 Å². The van der Waals surface area contributed by atoms with Crippen LogP contribution in [-0.4, -0.2) is 12.1 Å². The van der Waals surface area contributed by atoms with E-state index in [9.17, 15) is 19.1 Å². The second-order valence-electron chi connectivity index (χ2n) is 5.69. The molecule has 0 saturated heterocycles. The van der Waals surface area contributed by atoms with E-state index in [1.54, 1.807) is 0 Å². The molecule has 1 unspecified atom stereocenters. The molecule has 0 fully saturated rings. The zero-order valence-corrected chi connectivity index (χ0v) is 20.3. The van der Waals surface area contributed by atoms with Crippen LogP contribution >= 0.6 is 7.82 Å². The molecule has 0 heterocycles. The summed E-state index contributed by atoms with van der Waals surface area (Å²) in [5.74, 6) is -0.285. The quantitative estimate of drug-likeness (QED) is 0.218. The minimum Gasteiger partial charge on any atom is -0.790 e. The van der Waals surface area contributed by atoms with Crippen molar-refractivity contribution in [1.82, 2.24) is 0 Å². The molecule has 1 aromatic carbocycles. The van der Waals surface area contributed by atoms with Gasteiger partial charge in [0, 0.05) is 0 Å². The average molecular weight is 374 g/mol. The van der Waals surface area contributed by atoms with Crippen molar-refractivity contribution in [3.63, 3.8) is 0 Å². The van der Waals surface area contributed by atoms with E-state index in [1.165, 1.54) is 0 Å². The van der Waals surface area contributed by atoms with Crippen LogP contribution in [0.2, 0.25) is 0 Å². The van der Waals surface area contributed by atoms with Crippen LogP contribution in [-0.2, 0) is 13.9 Å². The molecule has 0 saturated carbocycles. The molecule has 0 amide bonds. The number of rotatable bonds is 6. The number of carbonyl (C=O) groups excluding carboxylic acids is 1. The third-order valence-electron chi connectivity index (χ3n) is 3.14. The van der Waals surface area contributed by atoms with Crippen molar-refractivity contribution in [1.29, 1.82) is 0 Å². The van der Waals surface area contributed by atoms with E-state index in [2.05, 4.69) is 4.52 Å². The van der Waals surface area contributed by atoms with Crippen molar-refractivity contribution in [3.05, 3.63) is 29.3 Å². The maximum atomic E-state index is 12.0. The maximum Gasteiger partial charge on any atom is 1.00 e. The predicted octanol–water partition coefficient (Wildman–Crippen LogP) is -3.92. The van der Waals surface area contributed by atoms with Gasteiger partial charge in [-0.25, -0.2) is 4.79 Å². The van der Waals surface area contributed by atoms with E-state index in [-0.39, 0.29) is 71.0 Å². The molecule has 0 aliphatic heterocycles. The fourth-order valence-electron chi connectivity index (χ4n) is 2.02. The Hall–Kier alpha value is 0.800. The van der Waals surface area contributed by atoms with Crippen molar-refractivity contribution < 1.29 is 87.5 Å². The number of esters is 1. The Labute approximate surface area is 187 Å². The maximum absolute atomic E-state index is 12.0. The number of hydrogen-bond acceptors (Lipinski definition) is 6. The second-order valence-corrected chi connectivity index (χ2v) is 6.80. The van der Waals surface area contributed by atoms with Crippen molar-refractivity contribution in [3.8, 4) is 5.75 Å². The summed E-state index contributed by atoms with van der Waals surface area (Å²) in [6.07, 6.45) is -1.49. The number of para-hydroxylation sites is 1. The van der Waals surface area contributed by atoms with Gasteiger partial charge in [-0.15, -0.1) is 0 Å². The largest absolute Gasteiger partial charge is 1.00 e. The van der Waals surface area contributed by atoms with E-state index in [4.69, 9.17) is 4.74 Å². The number of ether oxygens (including phenoxy) is 1. The number of phosphoric acid groups is 1. The Bertz CT molecular complexity index is 559. The first kappa shape index (κ1) is 27.0. The first-order valence-electron chi connectivity index (χ1n) is 7.08. The third kappa shape index (κ3) is 8.45. The fraction of sp³-hybridized carbons (Fsp3) is 0.533. The van der Waals surface area contributed by atoms with E-state index >= 15 is 0 Å². The predicted molar refractivity (Wildman–Crippen MR) is 78.4 cm³/mol. The van der Waals surface area contributed by atoms with Crippen LogP contribution in [0.3, 0.4) is 0 Å². The van der Waals surface area contributed by atoms with Gasteiger partial charge in [0.15, 0.2) is 6.10 Å². The zero-order chi connectivity index (χ0) is 17.1. The van der Waals surface area contributed by atoms with E-state index in [1.807, 2.05) is 45.9 Å². The standard InChI is InChI=1S/C15H23O6P.2Na/c1-9(2)12-7-6-8-13(10(3)4)14(12)20-15(16)11(5)21-22(17,18)19;;/h6-11H,1-5H3,(H2,17,18,19);;/q;2*+1/p-2. The summed E-state index contributed by atoms with van der Waals surface area (Å²) < 4.78 is 20.1. The molecule has 1 rings (SSSR count). The van der Waals surface area contributed by atoms with Crippen LogP contribution in [0.5, 0.6) is 5.75 Å². The molecule has 0 aromatic heterocycles. The van der Waals surface area contributed by atoms with E-state index in [0.29, 0.717) is 5.75 Å². The molecule has 0 spiro atoms. The molecular formula is C15H21Na2O6P. The van der Waals surface area contributed by atoms with Crippen molar-refractivity contribution in [2.24, 2.45) is 0 Å². The van der Waals surface area contributed by atoms with Gasteiger partial charge in [0.25, 0.3) is 0 Å². The van der Waals surface area contributed by atoms with Gasteiger partial charge < -0.3 is 23.6 Å². The third-order valence-corrected chi connectivity index (χ3v) is 3.72. The molecule has 0 N–H and O–H groups in total. The number of benzene rings is 1. The summed E-state index contributed by atoms with van der Waals surface area (Å²) >= 11 is 0. The van der Waals surface area contributed by atoms with Crippen molar-refractivity contribution in [2.45, 2.75) is 52.6 Å². The summed E-state index contributed by atoms with van der Waals surface area (Å²) in [5.41, 5.74) is 1.67. The molecule has 0 aliphatic carbocycles. The monoisotopic (exact) mass is 374 g/mol. The number of carbonyl (C=O) groups is 1. The summed E-state index contributed by atoms with van der Waals surface area (Å²) in [7, 11) is -5.24. The topological polar surface area (TPSA) is 98.7 Å². The van der Waals surface area contributed by atoms with Crippen molar-refractivity contribution in [2.75, 3.05) is 0 Å². The smallest absolute Gasteiger partial charge is 0.790 e. The Kier molecular flexibility index (Phi) is 12.9. The molecule has 9 heteroatoms. The van der Waals surface area contributed by atoms with Gasteiger partial charge in [0.1, 0.15) is 5.75 Å². The summed E-state index contributed by atoms with van der Waals surface area (Å²) in [4.78, 5) is 33.2. The van der Waals surface area contributed by atoms with Gasteiger partial charge >= 0.3 is 65.1 Å². The van der Waals surface area contributed by atoms with Gasteiger partial charge in [-0.2, -0.15) is 0 Å². The molecule has 1 aromatic rings. The molecule has 124 valence electrons. The van der Waals surface area contributed by atoms with Crippen molar-refractivity contribution >= 4 is 13.8 Å². The molecule has 1 atom stereocenters. The molecule has 6 nitrogen and oxygen atoms in total. The minimum atomic E-state index is -5.24. The van der Waals surface area contributed by atoms with Crippen LogP contribution < -0.4 is 73.6 Å². The Morgan fingerprint density at radius 3 is 1.75 bits per heavy atom. The van der Waals surface area contributed by atoms with Gasteiger partial charge in [-0.05, 0) is 29.9 Å². The summed E-state index contributed by atoms with van der Waals surface area (Å²) in [5, 5.41) is 0. The van der Waals surface area contributed by atoms with Crippen LogP contribution in [0.4, 0.5) is 0 Å². The van der Waals surface area contributed by atoms with Crippen LogP contribution in [0.25, 0.3) is 0 Å². The molecule has 0 radical (unpaired) electrons. The van der Waals surface area contributed by atoms with Crippen LogP contribution in [0.1, 0.15) is 57.6 Å². The SMILES string of the molecule is CC(OP(=O)([O-])[O-])C(=O)Oc1c(C(C)C)cccc1C(C)C.[Na+].[Na+].